The first-order valence-electron chi connectivity index (χ1n) is 6.21. The van der Waals surface area contributed by atoms with Crippen LogP contribution in [0, 0.1) is 3.57 Å². The third-order valence-electron chi connectivity index (χ3n) is 3.06. The van der Waals surface area contributed by atoms with Crippen LogP contribution in [0.15, 0.2) is 36.4 Å². The molecule has 21 heavy (non-hydrogen) atoms. The summed E-state index contributed by atoms with van der Waals surface area (Å²) in [6.07, 6.45) is 0. The van der Waals surface area contributed by atoms with Crippen molar-refractivity contribution in [2.24, 2.45) is 0 Å². The molecule has 0 bridgehead atoms. The number of ketones is 1. The van der Waals surface area contributed by atoms with Crippen molar-refractivity contribution in [3.8, 4) is 17.2 Å². The third kappa shape index (κ3) is 3.29. The van der Waals surface area contributed by atoms with Gasteiger partial charge in [-0.3, -0.25) is 4.79 Å². The van der Waals surface area contributed by atoms with Gasteiger partial charge in [0.05, 0.1) is 32.5 Å². The van der Waals surface area contributed by atoms with Gasteiger partial charge < -0.3 is 14.2 Å². The van der Waals surface area contributed by atoms with E-state index in [-0.39, 0.29) is 5.78 Å². The highest BCUT2D eigenvalue weighted by Gasteiger charge is 2.19. The SMILES string of the molecule is COc1ccc(OC)c(C(=O)c2cc(I)ccc2OC)c1. The van der Waals surface area contributed by atoms with Gasteiger partial charge in [-0.2, -0.15) is 0 Å². The zero-order chi connectivity index (χ0) is 15.4. The maximum absolute atomic E-state index is 12.8. The van der Waals surface area contributed by atoms with E-state index in [9.17, 15) is 4.79 Å². The number of halogens is 1. The zero-order valence-corrected chi connectivity index (χ0v) is 14.1. The highest BCUT2D eigenvalue weighted by atomic mass is 127. The molecule has 0 unspecified atom stereocenters. The summed E-state index contributed by atoms with van der Waals surface area (Å²) in [5.74, 6) is 1.47. The molecular formula is C16H15IO4. The molecule has 0 fully saturated rings. The number of hydrogen-bond donors (Lipinski definition) is 0. The molecular weight excluding hydrogens is 383 g/mol. The van der Waals surface area contributed by atoms with E-state index in [1.54, 1.807) is 44.6 Å². The monoisotopic (exact) mass is 398 g/mol. The van der Waals surface area contributed by atoms with Gasteiger partial charge in [0.25, 0.3) is 0 Å². The third-order valence-corrected chi connectivity index (χ3v) is 3.73. The van der Waals surface area contributed by atoms with E-state index >= 15 is 0 Å². The van der Waals surface area contributed by atoms with Gasteiger partial charge in [0, 0.05) is 3.57 Å². The van der Waals surface area contributed by atoms with Crippen LogP contribution in [-0.4, -0.2) is 27.1 Å². The second kappa shape index (κ2) is 6.80. The van der Waals surface area contributed by atoms with Crippen molar-refractivity contribution >= 4 is 28.4 Å². The fourth-order valence-corrected chi connectivity index (χ4v) is 2.49. The quantitative estimate of drug-likeness (QED) is 0.571. The van der Waals surface area contributed by atoms with E-state index in [0.717, 1.165) is 3.57 Å². The van der Waals surface area contributed by atoms with Crippen LogP contribution in [0.5, 0.6) is 17.2 Å². The Hall–Kier alpha value is -1.76. The molecule has 2 rings (SSSR count). The molecule has 0 spiro atoms. The average Bonchev–Trinajstić information content (AvgIpc) is 2.53. The highest BCUT2D eigenvalue weighted by Crippen LogP contribution is 2.30. The minimum Gasteiger partial charge on any atom is -0.497 e. The van der Waals surface area contributed by atoms with Gasteiger partial charge in [0.1, 0.15) is 17.2 Å². The molecule has 0 saturated heterocycles. The summed E-state index contributed by atoms with van der Waals surface area (Å²) < 4.78 is 16.7. The van der Waals surface area contributed by atoms with Gasteiger partial charge in [0.2, 0.25) is 5.78 Å². The number of rotatable bonds is 5. The smallest absolute Gasteiger partial charge is 0.200 e. The Morgan fingerprint density at radius 3 is 2.00 bits per heavy atom. The van der Waals surface area contributed by atoms with E-state index in [1.165, 1.54) is 7.11 Å². The van der Waals surface area contributed by atoms with Crippen LogP contribution in [0.4, 0.5) is 0 Å². The van der Waals surface area contributed by atoms with Crippen molar-refractivity contribution in [3.05, 3.63) is 51.1 Å². The summed E-state index contributed by atoms with van der Waals surface area (Å²) >= 11 is 2.16. The number of hydrogen-bond acceptors (Lipinski definition) is 4. The van der Waals surface area contributed by atoms with E-state index < -0.39 is 0 Å². The molecule has 0 atom stereocenters. The van der Waals surface area contributed by atoms with Crippen LogP contribution in [0.25, 0.3) is 0 Å². The van der Waals surface area contributed by atoms with Gasteiger partial charge in [-0.1, -0.05) is 0 Å². The van der Waals surface area contributed by atoms with Crippen LogP contribution >= 0.6 is 22.6 Å². The molecule has 4 nitrogen and oxygen atoms in total. The van der Waals surface area contributed by atoms with Gasteiger partial charge in [-0.05, 0) is 59.0 Å². The summed E-state index contributed by atoms with van der Waals surface area (Å²) in [6, 6.07) is 10.6. The Kier molecular flexibility index (Phi) is 5.06. The van der Waals surface area contributed by atoms with Crippen molar-refractivity contribution < 1.29 is 19.0 Å². The lowest BCUT2D eigenvalue weighted by Gasteiger charge is -2.12. The molecule has 110 valence electrons. The molecule has 0 aliphatic rings. The van der Waals surface area contributed by atoms with Crippen LogP contribution in [0.1, 0.15) is 15.9 Å². The maximum atomic E-state index is 12.8. The molecule has 2 aromatic rings. The Bertz CT molecular complexity index is 667. The number of benzene rings is 2. The van der Waals surface area contributed by atoms with E-state index in [1.807, 2.05) is 6.07 Å². The Labute approximate surface area is 137 Å². The fourth-order valence-electron chi connectivity index (χ4n) is 1.99. The minimum absolute atomic E-state index is 0.166. The average molecular weight is 398 g/mol. The van der Waals surface area contributed by atoms with Crippen molar-refractivity contribution in [2.45, 2.75) is 0 Å². The standard InChI is InChI=1S/C16H15IO4/c1-19-11-5-7-15(21-3)13(9-11)16(18)12-8-10(17)4-6-14(12)20-2/h4-9H,1-3H3. The molecule has 0 N–H and O–H groups in total. The fraction of sp³-hybridized carbons (Fsp3) is 0.188. The van der Waals surface area contributed by atoms with Crippen molar-refractivity contribution in [1.29, 1.82) is 0 Å². The molecule has 5 heteroatoms. The summed E-state index contributed by atoms with van der Waals surface area (Å²) in [5, 5.41) is 0. The van der Waals surface area contributed by atoms with Crippen LogP contribution in [0.3, 0.4) is 0 Å². The second-order valence-corrected chi connectivity index (χ2v) is 5.49. The summed E-state index contributed by atoms with van der Waals surface area (Å²) in [6.45, 7) is 0. The van der Waals surface area contributed by atoms with Crippen molar-refractivity contribution in [1.82, 2.24) is 0 Å². The van der Waals surface area contributed by atoms with Gasteiger partial charge in [0.15, 0.2) is 0 Å². The Morgan fingerprint density at radius 2 is 1.43 bits per heavy atom. The number of ether oxygens (including phenoxy) is 3. The lowest BCUT2D eigenvalue weighted by molar-refractivity contribution is 0.103. The van der Waals surface area contributed by atoms with Crippen LogP contribution in [0.2, 0.25) is 0 Å². The molecule has 0 aliphatic carbocycles. The topological polar surface area (TPSA) is 44.8 Å². The first-order valence-corrected chi connectivity index (χ1v) is 7.29. The largest absolute Gasteiger partial charge is 0.497 e. The number of methoxy groups -OCH3 is 3. The first kappa shape index (κ1) is 15.6. The number of carbonyl (C=O) groups is 1. The minimum atomic E-state index is -0.166. The molecule has 0 saturated carbocycles. The molecule has 0 aromatic heterocycles. The first-order chi connectivity index (χ1) is 10.1. The van der Waals surface area contributed by atoms with Gasteiger partial charge in [-0.15, -0.1) is 0 Å². The van der Waals surface area contributed by atoms with E-state index in [4.69, 9.17) is 14.2 Å². The van der Waals surface area contributed by atoms with Crippen LogP contribution < -0.4 is 14.2 Å². The molecule has 0 amide bonds. The van der Waals surface area contributed by atoms with E-state index in [2.05, 4.69) is 22.6 Å². The summed E-state index contributed by atoms with van der Waals surface area (Å²) in [7, 11) is 4.63. The Morgan fingerprint density at radius 1 is 0.857 bits per heavy atom. The van der Waals surface area contributed by atoms with Crippen molar-refractivity contribution in [2.75, 3.05) is 21.3 Å². The lowest BCUT2D eigenvalue weighted by atomic mass is 10.0. The second-order valence-electron chi connectivity index (χ2n) is 4.24. The predicted octanol–water partition coefficient (Wildman–Crippen LogP) is 3.55. The zero-order valence-electron chi connectivity index (χ0n) is 12.0. The van der Waals surface area contributed by atoms with Crippen molar-refractivity contribution in [3.63, 3.8) is 0 Å². The normalized spacial score (nSPS) is 10.1. The molecule has 0 heterocycles. The summed E-state index contributed by atoms with van der Waals surface area (Å²) in [4.78, 5) is 12.8. The lowest BCUT2D eigenvalue weighted by Crippen LogP contribution is -2.07. The summed E-state index contributed by atoms with van der Waals surface area (Å²) in [5.41, 5.74) is 0.938. The molecule has 0 radical (unpaired) electrons. The van der Waals surface area contributed by atoms with Crippen LogP contribution in [-0.2, 0) is 0 Å². The Balaban J connectivity index is 2.56. The molecule has 2 aromatic carbocycles. The predicted molar refractivity (Wildman–Crippen MR) is 88.7 cm³/mol. The molecule has 0 aliphatic heterocycles. The van der Waals surface area contributed by atoms with Gasteiger partial charge in [-0.25, -0.2) is 0 Å². The number of carbonyl (C=O) groups excluding carboxylic acids is 1. The highest BCUT2D eigenvalue weighted by molar-refractivity contribution is 14.1. The maximum Gasteiger partial charge on any atom is 0.200 e. The van der Waals surface area contributed by atoms with Gasteiger partial charge >= 0.3 is 0 Å². The van der Waals surface area contributed by atoms with E-state index in [0.29, 0.717) is 28.4 Å².